The van der Waals surface area contributed by atoms with Crippen LogP contribution in [0.2, 0.25) is 0 Å². The number of unbranched alkanes of at least 4 members (excludes halogenated alkanes) is 6. The molecule has 2 nitrogen and oxygen atoms in total. The average Bonchev–Trinajstić information content (AvgIpc) is 4.01. The number of thiophene rings is 6. The quantitative estimate of drug-likeness (QED) is 0.0907. The van der Waals surface area contributed by atoms with E-state index in [2.05, 4.69) is 105 Å². The Hall–Kier alpha value is -2.76. The van der Waals surface area contributed by atoms with Crippen molar-refractivity contribution < 1.29 is 0 Å². The number of aromatic nitrogens is 2. The molecular weight excluding hydrogens is 781 g/mol. The van der Waals surface area contributed by atoms with Gasteiger partial charge in [0.2, 0.25) is 0 Å². The number of hydrogen-bond acceptors (Lipinski definition) is 9. The van der Waals surface area contributed by atoms with Crippen LogP contribution < -0.4 is 0 Å². The maximum absolute atomic E-state index is 4.82. The van der Waals surface area contributed by atoms with Gasteiger partial charge in [0.05, 0.1) is 11.7 Å². The third kappa shape index (κ3) is 8.13. The Bertz CT molecular complexity index is 2440. The van der Waals surface area contributed by atoms with E-state index in [1.165, 1.54) is 157 Å². The summed E-state index contributed by atoms with van der Waals surface area (Å²) < 4.78 is 9.51. The lowest BCUT2D eigenvalue weighted by Crippen LogP contribution is -1.83. The standard InChI is InChI=1S/C44H44N2S7/c1-5-7-9-11-13-29-16-19-36(48-29)38-23-21-34(50-38)32-25-40(47-28(32)4)41-26-33(44(52-41)31-18-15-27(3)42-43(31)46-53-45-42)35-22-24-39(51-35)37-20-17-30(49-37)14-12-10-8-6-2/h15-26H,5-14H2,1-4H3. The summed E-state index contributed by atoms with van der Waals surface area (Å²) in [4.78, 5) is 16.5. The number of fused-ring (bicyclic) bond motifs is 1. The zero-order valence-corrected chi connectivity index (χ0v) is 36.5. The fraction of sp³-hybridized carbons (Fsp3) is 0.318. The van der Waals surface area contributed by atoms with Crippen LogP contribution in [-0.2, 0) is 12.8 Å². The SMILES string of the molecule is CCCCCCc1ccc(-c2ccc(-c3cc(-c4cc(-c5ccc(-c6ccc(CCCCCC)s6)s5)c(-c5ccc(C)c6nsnc56)s4)sc3C)s2)s1. The molecule has 7 aromatic heterocycles. The molecule has 272 valence electrons. The van der Waals surface area contributed by atoms with Gasteiger partial charge < -0.3 is 0 Å². The topological polar surface area (TPSA) is 25.8 Å². The number of benzene rings is 1. The Morgan fingerprint density at radius 3 is 1.60 bits per heavy atom. The summed E-state index contributed by atoms with van der Waals surface area (Å²) >= 11 is 12.9. The van der Waals surface area contributed by atoms with E-state index in [-0.39, 0.29) is 0 Å². The first-order valence-electron chi connectivity index (χ1n) is 18.8. The number of aryl methyl sites for hydroxylation is 4. The molecule has 0 aliphatic rings. The van der Waals surface area contributed by atoms with Crippen molar-refractivity contribution in [2.75, 3.05) is 0 Å². The fourth-order valence-electron chi connectivity index (χ4n) is 6.89. The summed E-state index contributed by atoms with van der Waals surface area (Å²) in [6, 6.07) is 28.0. The molecule has 8 rings (SSSR count). The highest BCUT2D eigenvalue weighted by Gasteiger charge is 2.22. The molecule has 0 aliphatic heterocycles. The minimum Gasteiger partial charge on any atom is -0.173 e. The number of hydrogen-bond donors (Lipinski definition) is 0. The van der Waals surface area contributed by atoms with Crippen molar-refractivity contribution in [2.24, 2.45) is 0 Å². The first-order valence-corrected chi connectivity index (χ1v) is 24.5. The zero-order valence-electron chi connectivity index (χ0n) is 30.8. The van der Waals surface area contributed by atoms with Crippen LogP contribution in [0, 0.1) is 13.8 Å². The van der Waals surface area contributed by atoms with Gasteiger partial charge in [-0.3, -0.25) is 0 Å². The van der Waals surface area contributed by atoms with Crippen LogP contribution in [0.4, 0.5) is 0 Å². The summed E-state index contributed by atoms with van der Waals surface area (Å²) in [5.41, 5.74) is 7.05. The summed E-state index contributed by atoms with van der Waals surface area (Å²) in [5, 5.41) is 0. The predicted octanol–water partition coefficient (Wildman–Crippen LogP) is 16.9. The van der Waals surface area contributed by atoms with Gasteiger partial charge in [0.1, 0.15) is 11.0 Å². The second kappa shape index (κ2) is 16.9. The second-order valence-electron chi connectivity index (χ2n) is 13.8. The minimum atomic E-state index is 1.01. The van der Waals surface area contributed by atoms with E-state index < -0.39 is 0 Å². The van der Waals surface area contributed by atoms with E-state index in [0.717, 1.165) is 11.0 Å². The van der Waals surface area contributed by atoms with Crippen LogP contribution >= 0.6 is 79.7 Å². The van der Waals surface area contributed by atoms with Crippen LogP contribution in [0.5, 0.6) is 0 Å². The molecule has 7 heterocycles. The third-order valence-electron chi connectivity index (χ3n) is 9.86. The van der Waals surface area contributed by atoms with E-state index in [1.54, 1.807) is 0 Å². The lowest BCUT2D eigenvalue weighted by molar-refractivity contribution is 0.670. The molecule has 1 aromatic carbocycles. The maximum atomic E-state index is 4.82. The molecule has 0 radical (unpaired) electrons. The van der Waals surface area contributed by atoms with Gasteiger partial charge in [-0.25, -0.2) is 0 Å². The molecule has 0 bridgehead atoms. The lowest BCUT2D eigenvalue weighted by atomic mass is 10.0. The largest absolute Gasteiger partial charge is 0.173 e. The van der Waals surface area contributed by atoms with Crippen molar-refractivity contribution in [3.05, 3.63) is 93.0 Å². The van der Waals surface area contributed by atoms with E-state index in [4.69, 9.17) is 4.37 Å². The highest BCUT2D eigenvalue weighted by Crippen LogP contribution is 2.51. The molecule has 0 saturated heterocycles. The van der Waals surface area contributed by atoms with Crippen molar-refractivity contribution >= 4 is 90.8 Å². The van der Waals surface area contributed by atoms with Crippen molar-refractivity contribution in [1.82, 2.24) is 8.75 Å². The zero-order chi connectivity index (χ0) is 36.3. The molecule has 0 spiro atoms. The molecule has 0 fully saturated rings. The number of nitrogens with zero attached hydrogens (tertiary/aromatic N) is 2. The van der Waals surface area contributed by atoms with Gasteiger partial charge >= 0.3 is 0 Å². The van der Waals surface area contributed by atoms with Gasteiger partial charge in [-0.15, -0.1) is 68.0 Å². The molecule has 9 heteroatoms. The van der Waals surface area contributed by atoms with E-state index in [0.29, 0.717) is 0 Å². The van der Waals surface area contributed by atoms with E-state index >= 15 is 0 Å². The Kier molecular flexibility index (Phi) is 11.9. The molecular formula is C44H44N2S7. The van der Waals surface area contributed by atoms with Crippen molar-refractivity contribution in [2.45, 2.75) is 91.9 Å². The Morgan fingerprint density at radius 2 is 0.962 bits per heavy atom. The third-order valence-corrected chi connectivity index (χ3v) is 17.7. The molecule has 0 N–H and O–H groups in total. The molecule has 53 heavy (non-hydrogen) atoms. The highest BCUT2D eigenvalue weighted by molar-refractivity contribution is 7.27. The smallest absolute Gasteiger partial charge is 0.113 e. The van der Waals surface area contributed by atoms with Crippen molar-refractivity contribution in [3.63, 3.8) is 0 Å². The van der Waals surface area contributed by atoms with Crippen LogP contribution in [-0.4, -0.2) is 8.75 Å². The first kappa shape index (κ1) is 37.2. The monoisotopic (exact) mass is 824 g/mol. The van der Waals surface area contributed by atoms with Crippen LogP contribution in [0.3, 0.4) is 0 Å². The van der Waals surface area contributed by atoms with Gasteiger partial charge in [0, 0.05) is 75.2 Å². The first-order chi connectivity index (χ1) is 26.0. The van der Waals surface area contributed by atoms with Gasteiger partial charge in [0.15, 0.2) is 0 Å². The Balaban J connectivity index is 1.10. The summed E-state index contributed by atoms with van der Waals surface area (Å²) in [6.45, 7) is 8.99. The summed E-state index contributed by atoms with van der Waals surface area (Å²) in [7, 11) is 0. The average molecular weight is 825 g/mol. The van der Waals surface area contributed by atoms with E-state index in [9.17, 15) is 0 Å². The molecule has 0 aliphatic carbocycles. The number of rotatable bonds is 16. The van der Waals surface area contributed by atoms with Gasteiger partial charge in [0.25, 0.3) is 0 Å². The summed E-state index contributed by atoms with van der Waals surface area (Å²) in [5.74, 6) is 0. The van der Waals surface area contributed by atoms with Crippen molar-refractivity contribution in [3.8, 4) is 60.6 Å². The van der Waals surface area contributed by atoms with Crippen LogP contribution in [0.15, 0.2) is 72.8 Å². The summed E-state index contributed by atoms with van der Waals surface area (Å²) in [6.07, 6.45) is 12.9. The lowest BCUT2D eigenvalue weighted by Gasteiger charge is -2.04. The Morgan fingerprint density at radius 1 is 0.434 bits per heavy atom. The molecule has 0 amide bonds. The second-order valence-corrected chi connectivity index (χ2v) is 21.1. The highest BCUT2D eigenvalue weighted by atomic mass is 32.1. The normalized spacial score (nSPS) is 11.8. The van der Waals surface area contributed by atoms with Crippen molar-refractivity contribution in [1.29, 1.82) is 0 Å². The molecule has 0 unspecified atom stereocenters. The van der Waals surface area contributed by atoms with Crippen LogP contribution in [0.25, 0.3) is 71.6 Å². The molecule has 0 saturated carbocycles. The fourth-order valence-corrected chi connectivity index (χ4v) is 14.3. The molecule has 8 aromatic rings. The minimum absolute atomic E-state index is 1.01. The molecule has 0 atom stereocenters. The van der Waals surface area contributed by atoms with Crippen LogP contribution in [0.1, 0.15) is 85.4 Å². The van der Waals surface area contributed by atoms with Gasteiger partial charge in [-0.05, 0) is 106 Å². The predicted molar refractivity (Wildman–Crippen MR) is 242 cm³/mol. The van der Waals surface area contributed by atoms with E-state index in [1.807, 2.05) is 68.0 Å². The van der Waals surface area contributed by atoms with Gasteiger partial charge in [-0.2, -0.15) is 8.75 Å². The van der Waals surface area contributed by atoms with Gasteiger partial charge in [-0.1, -0.05) is 64.5 Å². The Labute approximate surface area is 342 Å². The maximum Gasteiger partial charge on any atom is 0.113 e.